The van der Waals surface area contributed by atoms with Gasteiger partial charge in [0.1, 0.15) is 0 Å². The van der Waals surface area contributed by atoms with E-state index in [9.17, 15) is 4.79 Å². The number of aromatic nitrogens is 2. The molecule has 0 aliphatic rings. The summed E-state index contributed by atoms with van der Waals surface area (Å²) in [4.78, 5) is 13.2. The number of esters is 1. The van der Waals surface area contributed by atoms with E-state index in [1.807, 2.05) is 0 Å². The highest BCUT2D eigenvalue weighted by Crippen LogP contribution is 2.13. The van der Waals surface area contributed by atoms with Crippen LogP contribution in [-0.4, -0.2) is 23.4 Å². The Morgan fingerprint density at radius 2 is 2.50 bits per heavy atom. The van der Waals surface area contributed by atoms with Crippen LogP contribution in [0.2, 0.25) is 0 Å². The molecule has 0 fully saturated rings. The summed E-state index contributed by atoms with van der Waals surface area (Å²) in [5, 5.41) is 9.40. The molecule has 0 spiro atoms. The molecule has 8 heteroatoms. The van der Waals surface area contributed by atoms with Crippen LogP contribution in [0.25, 0.3) is 10.4 Å². The fourth-order valence-corrected chi connectivity index (χ4v) is 0.517. The van der Waals surface area contributed by atoms with E-state index >= 15 is 0 Å². The van der Waals surface area contributed by atoms with Gasteiger partial charge in [0.15, 0.2) is 0 Å². The number of ether oxygens (including phenoxy) is 1. The van der Waals surface area contributed by atoms with Gasteiger partial charge in [-0.2, -0.15) is 0 Å². The molecule has 0 saturated carbocycles. The molecule has 1 heterocycles. The molecule has 0 unspecified atom stereocenters. The number of hydrogen-bond acceptors (Lipinski definition) is 6. The summed E-state index contributed by atoms with van der Waals surface area (Å²) in [7, 11) is 1.16. The summed E-state index contributed by atoms with van der Waals surface area (Å²) in [5.74, 6) is -0.997. The van der Waals surface area contributed by atoms with Crippen LogP contribution in [0.3, 0.4) is 0 Å². The zero-order valence-corrected chi connectivity index (χ0v) is 5.96. The largest absolute Gasteiger partial charge is 0.464 e. The second-order valence-corrected chi connectivity index (χ2v) is 1.62. The maximum atomic E-state index is 10.8. The van der Waals surface area contributed by atoms with Crippen LogP contribution in [0.5, 0.6) is 0 Å². The first-order valence-electron chi connectivity index (χ1n) is 2.75. The van der Waals surface area contributed by atoms with E-state index in [1.165, 1.54) is 0 Å². The fraction of sp³-hybridized carbons (Fsp3) is 0.250. The van der Waals surface area contributed by atoms with Crippen molar-refractivity contribution in [3.05, 3.63) is 16.1 Å². The average Bonchev–Trinajstić information content (AvgIpc) is 2.52. The Hall–Kier alpha value is -2.08. The van der Waals surface area contributed by atoms with Gasteiger partial charge in [-0.1, -0.05) is 0 Å². The molecule has 0 aliphatic carbocycles. The van der Waals surface area contributed by atoms with E-state index in [1.54, 1.807) is 0 Å². The van der Waals surface area contributed by atoms with Gasteiger partial charge in [-0.25, -0.2) is 9.42 Å². The third kappa shape index (κ3) is 1.32. The van der Waals surface area contributed by atoms with Crippen LogP contribution < -0.4 is 0 Å². The van der Waals surface area contributed by atoms with Crippen molar-refractivity contribution in [1.82, 2.24) is 10.3 Å². The number of hydrogen-bond donors (Lipinski definition) is 0. The first-order valence-corrected chi connectivity index (χ1v) is 2.75. The maximum absolute atomic E-state index is 10.8. The molecule has 1 rings (SSSR count). The van der Waals surface area contributed by atoms with Gasteiger partial charge in [-0.3, -0.25) is 0 Å². The predicted molar refractivity (Wildman–Crippen MR) is 34.4 cm³/mol. The molecule has 1 aromatic heterocycles. The van der Waals surface area contributed by atoms with Gasteiger partial charge >= 0.3 is 5.97 Å². The molecular weight excluding hydrogens is 166 g/mol. The average molecular weight is 169 g/mol. The van der Waals surface area contributed by atoms with Crippen molar-refractivity contribution in [3.63, 3.8) is 0 Å². The molecule has 0 bridgehead atoms. The normalized spacial score (nSPS) is 8.75. The van der Waals surface area contributed by atoms with Crippen LogP contribution in [0, 0.1) is 0 Å². The molecule has 0 N–H and O–H groups in total. The van der Waals surface area contributed by atoms with Crippen molar-refractivity contribution >= 4 is 11.8 Å². The minimum absolute atomic E-state index is 0.232. The van der Waals surface area contributed by atoms with E-state index in [0.717, 1.165) is 7.11 Å². The van der Waals surface area contributed by atoms with Crippen LogP contribution in [0.4, 0.5) is 5.82 Å². The highest BCUT2D eigenvalue weighted by Gasteiger charge is 2.16. The first-order chi connectivity index (χ1) is 5.79. The highest BCUT2D eigenvalue weighted by atomic mass is 16.6. The number of carbonyl (C=O) groups excluding carboxylic acids is 1. The van der Waals surface area contributed by atoms with Crippen LogP contribution in [0.1, 0.15) is 10.5 Å². The van der Waals surface area contributed by atoms with Crippen molar-refractivity contribution in [2.24, 2.45) is 5.11 Å². The lowest BCUT2D eigenvalue weighted by atomic mass is 10.4. The predicted octanol–water partition coefficient (Wildman–Crippen LogP) is 0.798. The second kappa shape index (κ2) is 3.35. The van der Waals surface area contributed by atoms with E-state index in [-0.39, 0.29) is 11.5 Å². The van der Waals surface area contributed by atoms with Gasteiger partial charge in [-0.15, -0.1) is 0 Å². The Balaban J connectivity index is 3.06. The first kappa shape index (κ1) is 8.02. The van der Waals surface area contributed by atoms with Crippen molar-refractivity contribution in [3.8, 4) is 0 Å². The summed E-state index contributed by atoms with van der Waals surface area (Å²) in [5.41, 5.74) is 7.77. The Bertz CT molecular complexity index is 338. The van der Waals surface area contributed by atoms with Crippen molar-refractivity contribution in [1.29, 1.82) is 0 Å². The van der Waals surface area contributed by atoms with E-state index in [0.29, 0.717) is 0 Å². The van der Waals surface area contributed by atoms with Crippen LogP contribution >= 0.6 is 0 Å². The Labute approximate surface area is 65.7 Å². The molecule has 0 amide bonds. The summed E-state index contributed by atoms with van der Waals surface area (Å²) < 4.78 is 8.45. The lowest BCUT2D eigenvalue weighted by Crippen LogP contribution is -2.01. The topological polar surface area (TPSA) is 114 Å². The summed E-state index contributed by atoms with van der Waals surface area (Å²) in [6, 6.07) is 0. The number of rotatable bonds is 2. The maximum Gasteiger partial charge on any atom is 0.362 e. The number of carbonyl (C=O) groups is 1. The zero-order valence-electron chi connectivity index (χ0n) is 5.96. The summed E-state index contributed by atoms with van der Waals surface area (Å²) in [6.45, 7) is 0. The van der Waals surface area contributed by atoms with E-state index in [2.05, 4.69) is 29.7 Å². The standard InChI is InChI=1S/C4H3N5O3/c1-11-4(10)2-3(6-9-5)8-12-7-2/h1H3. The smallest absolute Gasteiger partial charge is 0.362 e. The van der Waals surface area contributed by atoms with Gasteiger partial charge in [0.05, 0.1) is 7.11 Å². The Kier molecular flexibility index (Phi) is 2.24. The number of methoxy groups -OCH3 is 1. The van der Waals surface area contributed by atoms with E-state index < -0.39 is 5.97 Å². The quantitative estimate of drug-likeness (QED) is 0.281. The third-order valence-corrected chi connectivity index (χ3v) is 0.989. The molecule has 62 valence electrons. The molecule has 12 heavy (non-hydrogen) atoms. The van der Waals surface area contributed by atoms with Gasteiger partial charge in [0.25, 0.3) is 0 Å². The second-order valence-electron chi connectivity index (χ2n) is 1.62. The molecule has 8 nitrogen and oxygen atoms in total. The molecule has 1 aromatic rings. The minimum Gasteiger partial charge on any atom is -0.464 e. The van der Waals surface area contributed by atoms with Gasteiger partial charge in [-0.05, 0) is 21.0 Å². The van der Waals surface area contributed by atoms with Crippen molar-refractivity contribution in [2.45, 2.75) is 0 Å². The third-order valence-electron chi connectivity index (χ3n) is 0.989. The molecule has 0 radical (unpaired) electrons. The lowest BCUT2D eigenvalue weighted by molar-refractivity contribution is 0.0589. The zero-order chi connectivity index (χ0) is 8.97. The molecule has 0 aromatic carbocycles. The van der Waals surface area contributed by atoms with Gasteiger partial charge in [0.2, 0.25) is 11.5 Å². The molecule has 0 aliphatic heterocycles. The molecule has 0 saturated heterocycles. The molecular formula is C4H3N5O3. The summed E-state index contributed by atoms with van der Waals surface area (Å²) >= 11 is 0. The van der Waals surface area contributed by atoms with Gasteiger partial charge in [0, 0.05) is 4.91 Å². The molecule has 0 atom stereocenters. The Morgan fingerprint density at radius 3 is 3.08 bits per heavy atom. The monoisotopic (exact) mass is 169 g/mol. The van der Waals surface area contributed by atoms with E-state index in [4.69, 9.17) is 5.53 Å². The SMILES string of the molecule is COC(=O)c1nonc1N=[N+]=[N-]. The highest BCUT2D eigenvalue weighted by molar-refractivity contribution is 5.91. The minimum atomic E-state index is -0.765. The lowest BCUT2D eigenvalue weighted by Gasteiger charge is -1.90. The van der Waals surface area contributed by atoms with Crippen molar-refractivity contribution < 1.29 is 14.2 Å². The van der Waals surface area contributed by atoms with Crippen LogP contribution in [-0.2, 0) is 4.74 Å². The number of nitrogens with zero attached hydrogens (tertiary/aromatic N) is 5. The fourth-order valence-electron chi connectivity index (χ4n) is 0.517. The summed E-state index contributed by atoms with van der Waals surface area (Å²) in [6.07, 6.45) is 0. The van der Waals surface area contributed by atoms with Crippen molar-refractivity contribution in [2.75, 3.05) is 7.11 Å². The number of azide groups is 1. The van der Waals surface area contributed by atoms with Crippen LogP contribution in [0.15, 0.2) is 9.74 Å². The Morgan fingerprint density at radius 1 is 1.75 bits per heavy atom. The van der Waals surface area contributed by atoms with Gasteiger partial charge < -0.3 is 4.74 Å².